The van der Waals surface area contributed by atoms with Crippen LogP contribution < -0.4 is 24.9 Å². The Hall–Kier alpha value is -3.60. The zero-order valence-corrected chi connectivity index (χ0v) is 18.8. The number of sulfonamides is 1. The fourth-order valence-corrected chi connectivity index (χ4v) is 3.91. The van der Waals surface area contributed by atoms with Crippen molar-refractivity contribution in [2.75, 3.05) is 23.8 Å². The maximum Gasteiger partial charge on any atom is 0.263 e. The summed E-state index contributed by atoms with van der Waals surface area (Å²) in [7, 11) is -3.75. The number of carbonyl (C=O) groups excluding carboxylic acids is 2. The topological polar surface area (TPSA) is 140 Å². The molecule has 1 atom stereocenters. The van der Waals surface area contributed by atoms with Gasteiger partial charge in [0.25, 0.3) is 11.8 Å². The van der Waals surface area contributed by atoms with Crippen molar-refractivity contribution in [3.8, 4) is 11.5 Å². The molecule has 172 valence electrons. The van der Waals surface area contributed by atoms with Gasteiger partial charge in [0.2, 0.25) is 10.0 Å². The summed E-state index contributed by atoms with van der Waals surface area (Å²) < 4.78 is 36.2. The van der Waals surface area contributed by atoms with Gasteiger partial charge in [0.15, 0.2) is 6.61 Å². The van der Waals surface area contributed by atoms with Gasteiger partial charge in [0.05, 0.1) is 24.8 Å². The molecule has 0 heterocycles. The van der Waals surface area contributed by atoms with Crippen molar-refractivity contribution in [1.82, 2.24) is 5.43 Å². The number of nitrogens with one attached hydrogen (secondary N) is 1. The molecule has 3 N–H and O–H groups in total. The van der Waals surface area contributed by atoms with Crippen LogP contribution in [0, 0.1) is 0 Å². The molecule has 0 aliphatic rings. The number of benzene rings is 2. The molecule has 32 heavy (non-hydrogen) atoms. The van der Waals surface area contributed by atoms with E-state index in [0.717, 1.165) is 10.6 Å². The van der Waals surface area contributed by atoms with Gasteiger partial charge in [-0.1, -0.05) is 0 Å². The Morgan fingerprint density at radius 3 is 2.19 bits per heavy atom. The van der Waals surface area contributed by atoms with E-state index in [0.29, 0.717) is 29.4 Å². The Kier molecular flexibility index (Phi) is 8.59. The highest BCUT2D eigenvalue weighted by Gasteiger charge is 2.29. The fourth-order valence-electron chi connectivity index (χ4n) is 2.73. The van der Waals surface area contributed by atoms with Crippen molar-refractivity contribution in [2.24, 2.45) is 10.8 Å². The van der Waals surface area contributed by atoms with Gasteiger partial charge in [-0.15, -0.1) is 0 Å². The average molecular weight is 463 g/mol. The van der Waals surface area contributed by atoms with E-state index >= 15 is 0 Å². The van der Waals surface area contributed by atoms with Gasteiger partial charge < -0.3 is 15.2 Å². The first-order chi connectivity index (χ1) is 15.1. The number of rotatable bonds is 11. The minimum absolute atomic E-state index is 0.230. The molecule has 0 aliphatic carbocycles. The number of nitrogens with zero attached hydrogens (tertiary/aromatic N) is 2. The normalized spacial score (nSPS) is 12.2. The largest absolute Gasteiger partial charge is 0.494 e. The maximum atomic E-state index is 12.5. The van der Waals surface area contributed by atoms with Gasteiger partial charge in [-0.05, 0) is 67.9 Å². The number of carbonyl (C=O) groups is 2. The van der Waals surface area contributed by atoms with Crippen LogP contribution in [-0.2, 0) is 19.6 Å². The van der Waals surface area contributed by atoms with Crippen molar-refractivity contribution < 1.29 is 27.5 Å². The van der Waals surface area contributed by atoms with Gasteiger partial charge in [-0.2, -0.15) is 5.10 Å². The van der Waals surface area contributed by atoms with Crippen molar-refractivity contribution in [3.05, 3.63) is 54.1 Å². The molecule has 0 saturated heterocycles. The monoisotopic (exact) mass is 462 g/mol. The van der Waals surface area contributed by atoms with Crippen LogP contribution in [0.1, 0.15) is 19.4 Å². The van der Waals surface area contributed by atoms with Crippen LogP contribution in [0.15, 0.2) is 53.6 Å². The third-order valence-electron chi connectivity index (χ3n) is 4.14. The zero-order chi connectivity index (χ0) is 23.7. The lowest BCUT2D eigenvalue weighted by Crippen LogP contribution is -2.46. The van der Waals surface area contributed by atoms with Crippen LogP contribution in [0.5, 0.6) is 11.5 Å². The lowest BCUT2D eigenvalue weighted by Gasteiger charge is -2.27. The quantitative estimate of drug-likeness (QED) is 0.380. The van der Waals surface area contributed by atoms with Crippen LogP contribution >= 0.6 is 0 Å². The molecule has 10 nitrogen and oxygen atoms in total. The van der Waals surface area contributed by atoms with Crippen LogP contribution in [0.3, 0.4) is 0 Å². The second-order valence-electron chi connectivity index (χ2n) is 6.72. The van der Waals surface area contributed by atoms with Crippen molar-refractivity contribution in [3.63, 3.8) is 0 Å². The second-order valence-corrected chi connectivity index (χ2v) is 8.58. The Labute approximate surface area is 187 Å². The summed E-state index contributed by atoms with van der Waals surface area (Å²) in [4.78, 5) is 23.3. The van der Waals surface area contributed by atoms with Crippen LogP contribution in [0.4, 0.5) is 5.69 Å². The Balaban J connectivity index is 2.05. The Morgan fingerprint density at radius 1 is 1.09 bits per heavy atom. The molecule has 0 saturated carbocycles. The molecule has 0 spiro atoms. The van der Waals surface area contributed by atoms with Gasteiger partial charge >= 0.3 is 0 Å². The highest BCUT2D eigenvalue weighted by molar-refractivity contribution is 7.92. The molecule has 2 aromatic rings. The molecule has 2 aromatic carbocycles. The number of ether oxygens (including phenoxy) is 2. The summed E-state index contributed by atoms with van der Waals surface area (Å²) in [6, 6.07) is 11.9. The van der Waals surface area contributed by atoms with Crippen molar-refractivity contribution in [1.29, 1.82) is 0 Å². The molecular formula is C21H26N4O6S. The highest BCUT2D eigenvalue weighted by atomic mass is 32.2. The number of primary amides is 1. The fraction of sp³-hybridized carbons (Fsp3) is 0.286. The summed E-state index contributed by atoms with van der Waals surface area (Å²) in [5.41, 5.74) is 8.34. The minimum Gasteiger partial charge on any atom is -0.494 e. The second kappa shape index (κ2) is 11.1. The van der Waals surface area contributed by atoms with Crippen LogP contribution in [0.25, 0.3) is 0 Å². The first-order valence-corrected chi connectivity index (χ1v) is 11.5. The number of hydrogen-bond donors (Lipinski definition) is 2. The van der Waals surface area contributed by atoms with E-state index < -0.39 is 27.9 Å². The molecule has 0 radical (unpaired) electrons. The summed E-state index contributed by atoms with van der Waals surface area (Å²) in [6.45, 7) is 3.56. The summed E-state index contributed by atoms with van der Waals surface area (Å²) >= 11 is 0. The molecule has 2 amide bonds. The van der Waals surface area contributed by atoms with E-state index in [1.165, 1.54) is 13.1 Å². The Bertz CT molecular complexity index is 1050. The van der Waals surface area contributed by atoms with Crippen LogP contribution in [0.2, 0.25) is 0 Å². The predicted molar refractivity (Wildman–Crippen MR) is 121 cm³/mol. The van der Waals surface area contributed by atoms with Crippen molar-refractivity contribution in [2.45, 2.75) is 19.9 Å². The smallest absolute Gasteiger partial charge is 0.263 e. The summed E-state index contributed by atoms with van der Waals surface area (Å²) in [5, 5.41) is 3.88. The molecule has 0 bridgehead atoms. The molecule has 0 unspecified atom stereocenters. The minimum atomic E-state index is -3.75. The molecule has 2 rings (SSSR count). The van der Waals surface area contributed by atoms with E-state index in [1.807, 2.05) is 6.92 Å². The van der Waals surface area contributed by atoms with E-state index in [1.54, 1.807) is 48.5 Å². The third kappa shape index (κ3) is 7.27. The highest BCUT2D eigenvalue weighted by Crippen LogP contribution is 2.24. The maximum absolute atomic E-state index is 12.5. The van der Waals surface area contributed by atoms with Crippen molar-refractivity contribution >= 4 is 33.7 Å². The molecule has 0 aromatic heterocycles. The number of anilines is 1. The molecule has 0 fully saturated rings. The van der Waals surface area contributed by atoms with Gasteiger partial charge in [0, 0.05) is 0 Å². The Morgan fingerprint density at radius 2 is 1.66 bits per heavy atom. The summed E-state index contributed by atoms with van der Waals surface area (Å²) in [5.74, 6) is -0.141. The number of nitrogens with two attached hydrogens (primary N) is 1. The van der Waals surface area contributed by atoms with E-state index in [4.69, 9.17) is 15.2 Å². The third-order valence-corrected chi connectivity index (χ3v) is 5.38. The molecular weight excluding hydrogens is 436 g/mol. The van der Waals surface area contributed by atoms with E-state index in [-0.39, 0.29) is 6.61 Å². The number of amides is 2. The predicted octanol–water partition coefficient (Wildman–Crippen LogP) is 1.25. The lowest BCUT2D eigenvalue weighted by molar-refractivity contribution is -0.122. The van der Waals surface area contributed by atoms with Gasteiger partial charge in [-0.25, -0.2) is 13.8 Å². The van der Waals surface area contributed by atoms with Gasteiger partial charge in [-0.3, -0.25) is 13.9 Å². The standard InChI is InChI=1S/C21H26N4O6S/c1-4-30-18-11-7-17(8-12-18)25(32(3,28)29)15(2)21(27)24-23-13-16-5-9-19(10-6-16)31-14-20(22)26/h5-13,15H,4,14H2,1-3H3,(H2,22,26)(H,24,27)/b23-13-/t15-/m1/s1. The number of hydrogen-bond acceptors (Lipinski definition) is 7. The zero-order valence-electron chi connectivity index (χ0n) is 18.0. The molecule has 11 heteroatoms. The number of hydrazone groups is 1. The first kappa shape index (κ1) is 24.7. The molecule has 0 aliphatic heterocycles. The van der Waals surface area contributed by atoms with E-state index in [9.17, 15) is 18.0 Å². The summed E-state index contributed by atoms with van der Waals surface area (Å²) in [6.07, 6.45) is 2.42. The van der Waals surface area contributed by atoms with Crippen LogP contribution in [-0.4, -0.2) is 52.0 Å². The van der Waals surface area contributed by atoms with E-state index in [2.05, 4.69) is 10.5 Å². The average Bonchev–Trinajstić information content (AvgIpc) is 2.73. The van der Waals surface area contributed by atoms with Gasteiger partial charge in [0.1, 0.15) is 17.5 Å². The SMILES string of the molecule is CCOc1ccc(N([C@H](C)C(=O)N/N=C\c2ccc(OCC(N)=O)cc2)S(C)(=O)=O)cc1. The first-order valence-electron chi connectivity index (χ1n) is 9.68. The lowest BCUT2D eigenvalue weighted by atomic mass is 10.2.